The third-order valence-corrected chi connectivity index (χ3v) is 4.30. The molecule has 0 amide bonds. The van der Waals surface area contributed by atoms with E-state index in [9.17, 15) is 0 Å². The summed E-state index contributed by atoms with van der Waals surface area (Å²) in [6.45, 7) is 2.92. The number of aromatic nitrogens is 2. The summed E-state index contributed by atoms with van der Waals surface area (Å²) in [4.78, 5) is 5.42. The molecule has 0 bridgehead atoms. The summed E-state index contributed by atoms with van der Waals surface area (Å²) in [5.74, 6) is 1.73. The van der Waals surface area contributed by atoms with Gasteiger partial charge in [-0.3, -0.25) is 4.40 Å². The minimum atomic E-state index is 0.393. The highest BCUT2D eigenvalue weighted by molar-refractivity contribution is 7.15. The Balaban J connectivity index is 1.59. The Bertz CT molecular complexity index is 687. The molecule has 3 aromatic heterocycles. The van der Waals surface area contributed by atoms with Crippen LogP contribution < -0.4 is 10.1 Å². The summed E-state index contributed by atoms with van der Waals surface area (Å²) in [6.07, 6.45) is 5.72. The van der Waals surface area contributed by atoms with E-state index < -0.39 is 0 Å². The molecule has 3 rings (SSSR count). The fraction of sp³-hybridized carbons (Fsp3) is 0.400. The van der Waals surface area contributed by atoms with Gasteiger partial charge in [-0.25, -0.2) is 0 Å². The third-order valence-electron chi connectivity index (χ3n) is 3.54. The lowest BCUT2D eigenvalue weighted by Gasteiger charge is -2.13. The molecule has 0 fully saturated rings. The third kappa shape index (κ3) is 3.11. The van der Waals surface area contributed by atoms with Gasteiger partial charge in [-0.15, -0.1) is 11.3 Å². The van der Waals surface area contributed by atoms with E-state index in [0.717, 1.165) is 35.8 Å². The zero-order valence-electron chi connectivity index (χ0n) is 12.2. The van der Waals surface area contributed by atoms with Crippen LogP contribution in [0.1, 0.15) is 24.8 Å². The summed E-state index contributed by atoms with van der Waals surface area (Å²) in [6, 6.07) is 4.34. The van der Waals surface area contributed by atoms with Crippen LogP contribution in [0, 0.1) is 0 Å². The molecule has 0 radical (unpaired) electrons. The first-order valence-corrected chi connectivity index (χ1v) is 7.90. The van der Waals surface area contributed by atoms with Crippen LogP contribution in [0.3, 0.4) is 0 Å². The number of ether oxygens (including phenoxy) is 1. The molecule has 21 heavy (non-hydrogen) atoms. The molecular weight excluding hydrogens is 286 g/mol. The predicted octanol–water partition coefficient (Wildman–Crippen LogP) is 3.11. The lowest BCUT2D eigenvalue weighted by atomic mass is 10.1. The number of hydrogen-bond acceptors (Lipinski definition) is 5. The second kappa shape index (κ2) is 6.32. The summed E-state index contributed by atoms with van der Waals surface area (Å²) >= 11 is 1.61. The zero-order valence-corrected chi connectivity index (χ0v) is 13.0. The average molecular weight is 305 g/mol. The lowest BCUT2D eigenvalue weighted by molar-refractivity contribution is 0.389. The van der Waals surface area contributed by atoms with Crippen molar-refractivity contribution in [1.82, 2.24) is 14.7 Å². The Hall–Kier alpha value is -1.79. The van der Waals surface area contributed by atoms with Crippen LogP contribution in [0.2, 0.25) is 0 Å². The molecule has 112 valence electrons. The largest absolute Gasteiger partial charge is 0.480 e. The Labute approximate surface area is 127 Å². The molecule has 0 saturated carbocycles. The van der Waals surface area contributed by atoms with Crippen molar-refractivity contribution in [2.24, 2.45) is 0 Å². The molecule has 0 aliphatic heterocycles. The Morgan fingerprint density at radius 2 is 2.43 bits per heavy atom. The van der Waals surface area contributed by atoms with Crippen molar-refractivity contribution in [3.05, 3.63) is 41.4 Å². The van der Waals surface area contributed by atoms with E-state index in [2.05, 4.69) is 21.6 Å². The molecule has 0 aromatic carbocycles. The second-order valence-corrected chi connectivity index (χ2v) is 5.90. The van der Waals surface area contributed by atoms with Crippen LogP contribution >= 0.6 is 11.3 Å². The quantitative estimate of drug-likeness (QED) is 0.729. The van der Waals surface area contributed by atoms with Crippen molar-refractivity contribution < 1.29 is 9.15 Å². The normalized spacial score (nSPS) is 12.9. The predicted molar refractivity (Wildman–Crippen MR) is 83.0 cm³/mol. The molecular formula is C15H19N3O2S. The maximum atomic E-state index is 5.36. The van der Waals surface area contributed by atoms with Gasteiger partial charge in [0.2, 0.25) is 5.88 Å². The second-order valence-electron chi connectivity index (χ2n) is 5.02. The van der Waals surface area contributed by atoms with E-state index in [4.69, 9.17) is 9.15 Å². The number of imidazole rings is 1. The molecule has 3 heterocycles. The van der Waals surface area contributed by atoms with E-state index in [1.165, 1.54) is 0 Å². The van der Waals surface area contributed by atoms with Gasteiger partial charge in [0.15, 0.2) is 4.96 Å². The maximum absolute atomic E-state index is 5.36. The smallest absolute Gasteiger partial charge is 0.237 e. The van der Waals surface area contributed by atoms with Gasteiger partial charge >= 0.3 is 0 Å². The van der Waals surface area contributed by atoms with Crippen molar-refractivity contribution in [3.63, 3.8) is 0 Å². The van der Waals surface area contributed by atoms with E-state index in [1.807, 2.05) is 23.7 Å². The summed E-state index contributed by atoms with van der Waals surface area (Å²) < 4.78 is 12.8. The van der Waals surface area contributed by atoms with E-state index >= 15 is 0 Å². The number of nitrogens with zero attached hydrogens (tertiary/aromatic N) is 2. The van der Waals surface area contributed by atoms with Crippen molar-refractivity contribution in [2.45, 2.75) is 32.4 Å². The molecule has 1 unspecified atom stereocenters. The first-order chi connectivity index (χ1) is 10.3. The molecule has 1 N–H and O–H groups in total. The van der Waals surface area contributed by atoms with Gasteiger partial charge in [0.05, 0.1) is 13.4 Å². The molecule has 0 saturated heterocycles. The van der Waals surface area contributed by atoms with E-state index in [0.29, 0.717) is 11.9 Å². The topological polar surface area (TPSA) is 51.7 Å². The van der Waals surface area contributed by atoms with Crippen LogP contribution in [0.4, 0.5) is 0 Å². The number of furan rings is 1. The maximum Gasteiger partial charge on any atom is 0.237 e. The number of nitrogens with one attached hydrogen (secondary N) is 1. The highest BCUT2D eigenvalue weighted by Crippen LogP contribution is 2.23. The highest BCUT2D eigenvalue weighted by Gasteiger charge is 2.14. The van der Waals surface area contributed by atoms with Crippen LogP contribution in [0.15, 0.2) is 34.4 Å². The number of methoxy groups -OCH3 is 1. The van der Waals surface area contributed by atoms with Crippen LogP contribution in [-0.2, 0) is 13.0 Å². The van der Waals surface area contributed by atoms with Gasteiger partial charge in [0.1, 0.15) is 11.5 Å². The number of rotatable bonds is 7. The first-order valence-electron chi connectivity index (χ1n) is 7.02. The van der Waals surface area contributed by atoms with Gasteiger partial charge in [-0.2, -0.15) is 4.98 Å². The van der Waals surface area contributed by atoms with Crippen LogP contribution in [0.5, 0.6) is 5.88 Å². The van der Waals surface area contributed by atoms with Gasteiger partial charge in [0, 0.05) is 30.6 Å². The number of aryl methyl sites for hydroxylation is 1. The molecule has 6 heteroatoms. The minimum Gasteiger partial charge on any atom is -0.480 e. The standard InChI is InChI=1S/C15H19N3O2S/c1-11(5-6-12-4-3-8-20-12)16-10-13-14(19-2)17-15-18(13)7-9-21-15/h3-4,7-9,11,16H,5-6,10H2,1-2H3. The summed E-state index contributed by atoms with van der Waals surface area (Å²) in [7, 11) is 1.66. The van der Waals surface area contributed by atoms with Crippen molar-refractivity contribution in [2.75, 3.05) is 7.11 Å². The van der Waals surface area contributed by atoms with E-state index in [-0.39, 0.29) is 0 Å². The van der Waals surface area contributed by atoms with E-state index in [1.54, 1.807) is 24.7 Å². The minimum absolute atomic E-state index is 0.393. The van der Waals surface area contributed by atoms with Gasteiger partial charge < -0.3 is 14.5 Å². The fourth-order valence-electron chi connectivity index (χ4n) is 2.32. The Kier molecular flexibility index (Phi) is 4.26. The van der Waals surface area contributed by atoms with Crippen LogP contribution in [0.25, 0.3) is 4.96 Å². The molecule has 0 spiro atoms. The Morgan fingerprint density at radius 3 is 3.19 bits per heavy atom. The monoisotopic (exact) mass is 305 g/mol. The lowest BCUT2D eigenvalue weighted by Crippen LogP contribution is -2.26. The van der Waals surface area contributed by atoms with Crippen molar-refractivity contribution in [3.8, 4) is 5.88 Å². The summed E-state index contributed by atoms with van der Waals surface area (Å²) in [5, 5.41) is 5.56. The first kappa shape index (κ1) is 14.2. The number of thiazole rings is 1. The fourth-order valence-corrected chi connectivity index (χ4v) is 3.05. The SMILES string of the molecule is COc1nc2sccn2c1CNC(C)CCc1ccco1. The molecule has 3 aromatic rings. The molecule has 5 nitrogen and oxygen atoms in total. The Morgan fingerprint density at radius 1 is 1.52 bits per heavy atom. The number of fused-ring (bicyclic) bond motifs is 1. The van der Waals surface area contributed by atoms with Crippen molar-refractivity contribution >= 4 is 16.3 Å². The van der Waals surface area contributed by atoms with Gasteiger partial charge in [-0.1, -0.05) is 0 Å². The number of hydrogen-bond donors (Lipinski definition) is 1. The summed E-state index contributed by atoms with van der Waals surface area (Å²) in [5.41, 5.74) is 1.07. The average Bonchev–Trinajstić information content (AvgIpc) is 3.19. The molecule has 1 atom stereocenters. The zero-order chi connectivity index (χ0) is 14.7. The van der Waals surface area contributed by atoms with Crippen molar-refractivity contribution in [1.29, 1.82) is 0 Å². The van der Waals surface area contributed by atoms with Gasteiger partial charge in [0.25, 0.3) is 0 Å². The molecule has 0 aliphatic rings. The van der Waals surface area contributed by atoms with Crippen LogP contribution in [-0.4, -0.2) is 22.5 Å². The molecule has 0 aliphatic carbocycles. The van der Waals surface area contributed by atoms with Gasteiger partial charge in [-0.05, 0) is 25.5 Å². The highest BCUT2D eigenvalue weighted by atomic mass is 32.1.